The first kappa shape index (κ1) is 13.9. The predicted octanol–water partition coefficient (Wildman–Crippen LogP) is 2.54. The second-order valence-electron chi connectivity index (χ2n) is 4.38. The smallest absolute Gasteiger partial charge is 0.259 e. The average Bonchev–Trinajstić information content (AvgIpc) is 2.98. The van der Waals surface area contributed by atoms with E-state index in [9.17, 15) is 4.79 Å². The molecule has 20 heavy (non-hydrogen) atoms. The highest BCUT2D eigenvalue weighted by Crippen LogP contribution is 2.12. The van der Waals surface area contributed by atoms with Crippen molar-refractivity contribution in [2.75, 3.05) is 11.9 Å². The van der Waals surface area contributed by atoms with Crippen LogP contribution in [0.3, 0.4) is 0 Å². The molecule has 5 nitrogen and oxygen atoms in total. The lowest BCUT2D eigenvalue weighted by atomic mass is 10.2. The maximum Gasteiger partial charge on any atom is 0.259 e. The van der Waals surface area contributed by atoms with Crippen molar-refractivity contribution in [2.45, 2.75) is 13.8 Å². The van der Waals surface area contributed by atoms with E-state index in [-0.39, 0.29) is 12.5 Å². The van der Waals surface area contributed by atoms with E-state index < -0.39 is 0 Å². The van der Waals surface area contributed by atoms with Crippen LogP contribution in [0.25, 0.3) is 0 Å². The van der Waals surface area contributed by atoms with Crippen molar-refractivity contribution in [1.29, 1.82) is 0 Å². The molecule has 0 unspecified atom stereocenters. The van der Waals surface area contributed by atoms with Crippen molar-refractivity contribution in [2.24, 2.45) is 5.10 Å². The Bertz CT molecular complexity index is 603. The molecule has 1 amide bonds. The summed E-state index contributed by atoms with van der Waals surface area (Å²) in [7, 11) is 0. The molecule has 0 saturated heterocycles. The number of nitrogens with one attached hydrogen (secondary N) is 2. The van der Waals surface area contributed by atoms with Gasteiger partial charge in [0.2, 0.25) is 0 Å². The lowest BCUT2D eigenvalue weighted by Crippen LogP contribution is -2.26. The van der Waals surface area contributed by atoms with Crippen LogP contribution in [0.15, 0.2) is 52.2 Å². The van der Waals surface area contributed by atoms with Crippen molar-refractivity contribution in [3.63, 3.8) is 0 Å². The van der Waals surface area contributed by atoms with Gasteiger partial charge in [0.05, 0.1) is 12.8 Å². The van der Waals surface area contributed by atoms with Crippen LogP contribution in [-0.4, -0.2) is 18.2 Å². The lowest BCUT2D eigenvalue weighted by molar-refractivity contribution is -0.119. The van der Waals surface area contributed by atoms with Gasteiger partial charge >= 0.3 is 0 Å². The summed E-state index contributed by atoms with van der Waals surface area (Å²) in [6, 6.07) is 11.4. The summed E-state index contributed by atoms with van der Waals surface area (Å²) >= 11 is 0. The molecule has 0 saturated carbocycles. The molecule has 0 spiro atoms. The van der Waals surface area contributed by atoms with Crippen molar-refractivity contribution in [3.8, 4) is 0 Å². The summed E-state index contributed by atoms with van der Waals surface area (Å²) in [4.78, 5) is 11.7. The van der Waals surface area contributed by atoms with E-state index in [0.29, 0.717) is 11.5 Å². The fourth-order valence-corrected chi connectivity index (χ4v) is 1.67. The highest BCUT2D eigenvalue weighted by molar-refractivity contribution is 5.96. The molecule has 0 atom stereocenters. The topological polar surface area (TPSA) is 66.6 Å². The first-order valence-corrected chi connectivity index (χ1v) is 6.33. The van der Waals surface area contributed by atoms with Crippen LogP contribution in [0, 0.1) is 6.92 Å². The summed E-state index contributed by atoms with van der Waals surface area (Å²) in [5.74, 6) is 0.427. The van der Waals surface area contributed by atoms with Crippen LogP contribution < -0.4 is 10.7 Å². The Morgan fingerprint density at radius 1 is 1.25 bits per heavy atom. The molecule has 5 heteroatoms. The highest BCUT2D eigenvalue weighted by atomic mass is 16.3. The molecule has 0 aliphatic heterocycles. The Labute approximate surface area is 117 Å². The molecule has 0 aliphatic carbocycles. The maximum absolute atomic E-state index is 11.7. The molecule has 2 rings (SSSR count). The normalized spacial score (nSPS) is 11.2. The number of anilines is 1. The van der Waals surface area contributed by atoms with Crippen LogP contribution in [0.2, 0.25) is 0 Å². The van der Waals surface area contributed by atoms with E-state index in [4.69, 9.17) is 4.42 Å². The highest BCUT2D eigenvalue weighted by Gasteiger charge is 2.03. The third kappa shape index (κ3) is 3.71. The Kier molecular flexibility index (Phi) is 4.55. The third-order valence-corrected chi connectivity index (χ3v) is 2.81. The van der Waals surface area contributed by atoms with Crippen molar-refractivity contribution in [3.05, 3.63) is 54.0 Å². The van der Waals surface area contributed by atoms with Crippen LogP contribution >= 0.6 is 0 Å². The molecule has 2 aromatic rings. The average molecular weight is 271 g/mol. The minimum Gasteiger partial charge on any atom is -0.463 e. The number of para-hydroxylation sites is 1. The summed E-state index contributed by atoms with van der Waals surface area (Å²) in [6.07, 6.45) is 1.57. The molecule has 0 radical (unpaired) electrons. The molecule has 2 N–H and O–H groups in total. The minimum atomic E-state index is -0.209. The molecule has 104 valence electrons. The Balaban J connectivity index is 1.84. The van der Waals surface area contributed by atoms with E-state index in [0.717, 1.165) is 11.3 Å². The van der Waals surface area contributed by atoms with E-state index in [1.165, 1.54) is 0 Å². The van der Waals surface area contributed by atoms with Gasteiger partial charge in [-0.1, -0.05) is 18.2 Å². The number of benzene rings is 1. The molecule has 1 aromatic carbocycles. The van der Waals surface area contributed by atoms with E-state index >= 15 is 0 Å². The van der Waals surface area contributed by atoms with E-state index in [1.54, 1.807) is 25.3 Å². The predicted molar refractivity (Wildman–Crippen MR) is 78.7 cm³/mol. The van der Waals surface area contributed by atoms with Crippen LogP contribution in [0.4, 0.5) is 5.69 Å². The van der Waals surface area contributed by atoms with Gasteiger partial charge in [0.15, 0.2) is 0 Å². The molecular formula is C15H17N3O2. The zero-order valence-corrected chi connectivity index (χ0v) is 11.5. The summed E-state index contributed by atoms with van der Waals surface area (Å²) in [5, 5.41) is 7.05. The van der Waals surface area contributed by atoms with Gasteiger partial charge < -0.3 is 9.73 Å². The van der Waals surface area contributed by atoms with Gasteiger partial charge in [0.25, 0.3) is 5.91 Å². The summed E-state index contributed by atoms with van der Waals surface area (Å²) in [5.41, 5.74) is 5.14. The number of amides is 1. The largest absolute Gasteiger partial charge is 0.463 e. The third-order valence-electron chi connectivity index (χ3n) is 2.81. The van der Waals surface area contributed by atoms with Gasteiger partial charge in [-0.25, -0.2) is 5.43 Å². The Morgan fingerprint density at radius 3 is 2.75 bits per heavy atom. The number of hydrazone groups is 1. The number of aryl methyl sites for hydroxylation is 1. The van der Waals surface area contributed by atoms with Gasteiger partial charge in [-0.3, -0.25) is 4.79 Å². The van der Waals surface area contributed by atoms with Crippen LogP contribution in [0.5, 0.6) is 0 Å². The van der Waals surface area contributed by atoms with Gasteiger partial charge in [-0.05, 0) is 37.6 Å². The van der Waals surface area contributed by atoms with Gasteiger partial charge in [0.1, 0.15) is 11.5 Å². The molecule has 1 heterocycles. The monoisotopic (exact) mass is 271 g/mol. The zero-order chi connectivity index (χ0) is 14.4. The molecule has 0 aliphatic rings. The standard InChI is InChI=1S/C15H17N3O2/c1-11-6-3-4-7-13(11)16-10-15(19)18-17-12(2)14-8-5-9-20-14/h3-9,16H,10H2,1-2H3,(H,18,19)/b17-12-. The Morgan fingerprint density at radius 2 is 2.05 bits per heavy atom. The summed E-state index contributed by atoms with van der Waals surface area (Å²) < 4.78 is 5.17. The zero-order valence-electron chi connectivity index (χ0n) is 11.5. The maximum atomic E-state index is 11.7. The number of rotatable bonds is 5. The molecular weight excluding hydrogens is 254 g/mol. The minimum absolute atomic E-state index is 0.166. The van der Waals surface area contributed by atoms with Crippen LogP contribution in [-0.2, 0) is 4.79 Å². The number of nitrogens with zero attached hydrogens (tertiary/aromatic N) is 1. The van der Waals surface area contributed by atoms with Gasteiger partial charge in [-0.15, -0.1) is 0 Å². The fraction of sp³-hybridized carbons (Fsp3) is 0.200. The van der Waals surface area contributed by atoms with E-state index in [2.05, 4.69) is 15.8 Å². The van der Waals surface area contributed by atoms with Crippen molar-refractivity contribution in [1.82, 2.24) is 5.43 Å². The number of carbonyl (C=O) groups excluding carboxylic acids is 1. The van der Waals surface area contributed by atoms with Crippen molar-refractivity contribution >= 4 is 17.3 Å². The first-order chi connectivity index (χ1) is 9.66. The summed E-state index contributed by atoms with van der Waals surface area (Å²) in [6.45, 7) is 3.92. The number of carbonyl (C=O) groups is 1. The molecule has 0 bridgehead atoms. The second-order valence-corrected chi connectivity index (χ2v) is 4.38. The van der Waals surface area contributed by atoms with Gasteiger partial charge in [-0.2, -0.15) is 5.10 Å². The number of furan rings is 1. The van der Waals surface area contributed by atoms with Crippen LogP contribution in [0.1, 0.15) is 18.2 Å². The number of hydrogen-bond acceptors (Lipinski definition) is 4. The SMILES string of the molecule is C/C(=N/NC(=O)CNc1ccccc1C)c1ccco1. The fourth-order valence-electron chi connectivity index (χ4n) is 1.67. The van der Waals surface area contributed by atoms with Gasteiger partial charge in [0, 0.05) is 5.69 Å². The quantitative estimate of drug-likeness (QED) is 0.648. The number of hydrogen-bond donors (Lipinski definition) is 2. The second kappa shape index (κ2) is 6.56. The van der Waals surface area contributed by atoms with Crippen molar-refractivity contribution < 1.29 is 9.21 Å². The van der Waals surface area contributed by atoms with E-state index in [1.807, 2.05) is 31.2 Å². The first-order valence-electron chi connectivity index (χ1n) is 6.33. The molecule has 0 fully saturated rings. The lowest BCUT2D eigenvalue weighted by Gasteiger charge is -2.08. The Hall–Kier alpha value is -2.56. The molecule has 1 aromatic heterocycles.